The zero-order chi connectivity index (χ0) is 28.5. The average Bonchev–Trinajstić information content (AvgIpc) is 3.66. The summed E-state index contributed by atoms with van der Waals surface area (Å²) in [5.41, 5.74) is 3.63. The van der Waals surface area contributed by atoms with E-state index in [1.54, 1.807) is 13.4 Å². The highest BCUT2D eigenvalue weighted by molar-refractivity contribution is 5.86. The van der Waals surface area contributed by atoms with Crippen LogP contribution in [-0.2, 0) is 11.3 Å². The Bertz CT molecular complexity index is 1320. The van der Waals surface area contributed by atoms with Crippen molar-refractivity contribution in [3.63, 3.8) is 0 Å². The van der Waals surface area contributed by atoms with Gasteiger partial charge in [-0.2, -0.15) is 0 Å². The van der Waals surface area contributed by atoms with Crippen LogP contribution in [0.1, 0.15) is 50.5 Å². The molecule has 5 unspecified atom stereocenters. The van der Waals surface area contributed by atoms with E-state index in [0.29, 0.717) is 12.6 Å². The number of allylic oxidation sites excluding steroid dienone is 2. The van der Waals surface area contributed by atoms with E-state index in [1.165, 1.54) is 51.7 Å². The number of methoxy groups -OCH3 is 1. The number of likely N-dealkylation sites (tertiary alicyclic amines) is 1. The van der Waals surface area contributed by atoms with Crippen molar-refractivity contribution < 1.29 is 19.0 Å². The molecule has 3 saturated heterocycles. The van der Waals surface area contributed by atoms with Gasteiger partial charge >= 0.3 is 0 Å². The van der Waals surface area contributed by atoms with E-state index in [0.717, 1.165) is 71.6 Å². The Morgan fingerprint density at radius 1 is 1.10 bits per heavy atom. The van der Waals surface area contributed by atoms with E-state index in [2.05, 4.69) is 38.7 Å². The van der Waals surface area contributed by atoms with Crippen molar-refractivity contribution in [2.75, 3.05) is 39.8 Å². The molecule has 7 rings (SSSR count). The molecule has 3 N–H and O–H groups in total. The predicted molar refractivity (Wildman–Crippen MR) is 164 cm³/mol. The number of para-hydroxylation sites is 1. The molecule has 8 nitrogen and oxygen atoms in total. The van der Waals surface area contributed by atoms with Gasteiger partial charge in [-0.1, -0.05) is 30.7 Å². The molecular formula is C34H46N4O4. The van der Waals surface area contributed by atoms with Crippen molar-refractivity contribution in [2.45, 2.75) is 76.0 Å². The molecule has 5 aliphatic rings. The molecule has 1 aliphatic carbocycles. The zero-order valence-corrected chi connectivity index (χ0v) is 24.8. The minimum atomic E-state index is -0.715. The number of piperidine rings is 3. The number of fused-ring (bicyclic) bond motifs is 3. The van der Waals surface area contributed by atoms with Crippen LogP contribution in [0.2, 0.25) is 0 Å². The van der Waals surface area contributed by atoms with Crippen molar-refractivity contribution in [1.29, 1.82) is 0 Å². The SMILES string of the molecule is COc1cccc2c(COC3C=CC=C4NC(C(O)NC5CCN(CC6CCCN7CCCCC67)CC5)=CC43)coc12. The number of nitrogens with zero attached hydrogens (tertiary/aromatic N) is 2. The maximum absolute atomic E-state index is 11.2. The Balaban J connectivity index is 0.909. The normalized spacial score (nSPS) is 29.5. The lowest BCUT2D eigenvalue weighted by atomic mass is 9.83. The van der Waals surface area contributed by atoms with Gasteiger partial charge in [0.2, 0.25) is 0 Å². The number of hydrogen-bond donors (Lipinski definition) is 3. The van der Waals surface area contributed by atoms with Crippen molar-refractivity contribution in [3.8, 4) is 5.75 Å². The molecule has 8 heteroatoms. The average molecular weight is 575 g/mol. The highest BCUT2D eigenvalue weighted by Gasteiger charge is 2.36. The van der Waals surface area contributed by atoms with Crippen LogP contribution in [0.15, 0.2) is 64.6 Å². The summed E-state index contributed by atoms with van der Waals surface area (Å²) in [7, 11) is 1.65. The largest absolute Gasteiger partial charge is 0.493 e. The number of benzene rings is 1. The molecule has 0 radical (unpaired) electrons. The van der Waals surface area contributed by atoms with Gasteiger partial charge in [0.05, 0.1) is 31.8 Å². The van der Waals surface area contributed by atoms with Gasteiger partial charge in [-0.05, 0) is 88.8 Å². The molecule has 5 heterocycles. The summed E-state index contributed by atoms with van der Waals surface area (Å²) in [4.78, 5) is 5.46. The Labute approximate surface area is 249 Å². The number of aliphatic hydroxyl groups is 1. The van der Waals surface area contributed by atoms with Crippen molar-refractivity contribution >= 4 is 11.0 Å². The summed E-state index contributed by atoms with van der Waals surface area (Å²) in [6.07, 6.45) is 18.3. The first kappa shape index (κ1) is 28.2. The summed E-state index contributed by atoms with van der Waals surface area (Å²) in [5, 5.41) is 19.2. The molecular weight excluding hydrogens is 528 g/mol. The summed E-state index contributed by atoms with van der Waals surface area (Å²) in [5.74, 6) is 1.60. The molecule has 3 fully saturated rings. The fourth-order valence-electron chi connectivity index (χ4n) is 7.97. The van der Waals surface area contributed by atoms with Gasteiger partial charge in [-0.25, -0.2) is 0 Å². The highest BCUT2D eigenvalue weighted by Crippen LogP contribution is 2.34. The van der Waals surface area contributed by atoms with Gasteiger partial charge in [0.1, 0.15) is 6.23 Å². The highest BCUT2D eigenvalue weighted by atomic mass is 16.5. The van der Waals surface area contributed by atoms with Gasteiger partial charge in [0.15, 0.2) is 11.3 Å². The number of aliphatic hydroxyl groups excluding tert-OH is 1. The molecule has 1 aromatic heterocycles. The van der Waals surface area contributed by atoms with E-state index < -0.39 is 6.23 Å². The first-order valence-corrected chi connectivity index (χ1v) is 16.1. The second-order valence-corrected chi connectivity index (χ2v) is 12.8. The van der Waals surface area contributed by atoms with Crippen LogP contribution in [0.3, 0.4) is 0 Å². The molecule has 4 aliphatic heterocycles. The first-order valence-electron chi connectivity index (χ1n) is 16.1. The quantitative estimate of drug-likeness (QED) is 0.377. The first-order chi connectivity index (χ1) is 20.7. The van der Waals surface area contributed by atoms with Crippen LogP contribution in [0.4, 0.5) is 0 Å². The molecule has 0 bridgehead atoms. The fraction of sp³-hybridized carbons (Fsp3) is 0.588. The lowest BCUT2D eigenvalue weighted by molar-refractivity contribution is 0.0331. The third kappa shape index (κ3) is 5.80. The van der Waals surface area contributed by atoms with Gasteiger partial charge in [-0.15, -0.1) is 0 Å². The molecule has 1 aromatic carbocycles. The third-order valence-corrected chi connectivity index (χ3v) is 10.2. The predicted octanol–water partition coefficient (Wildman–Crippen LogP) is 4.52. The summed E-state index contributed by atoms with van der Waals surface area (Å²) >= 11 is 0. The van der Waals surface area contributed by atoms with Gasteiger partial charge in [0, 0.05) is 41.2 Å². The Morgan fingerprint density at radius 2 is 1.98 bits per heavy atom. The second-order valence-electron chi connectivity index (χ2n) is 12.8. The summed E-state index contributed by atoms with van der Waals surface area (Å²) in [6, 6.07) is 7.04. The number of nitrogens with one attached hydrogen (secondary N) is 2. The van der Waals surface area contributed by atoms with E-state index in [9.17, 15) is 5.11 Å². The van der Waals surface area contributed by atoms with Crippen molar-refractivity contribution in [2.24, 2.45) is 11.8 Å². The van der Waals surface area contributed by atoms with Crippen LogP contribution < -0.4 is 15.4 Å². The minimum absolute atomic E-state index is 0.0471. The zero-order valence-electron chi connectivity index (χ0n) is 24.8. The standard InChI is InChI=1S/C34H46N4O4/c1-40-32-12-4-8-26-24(22-42-33(26)32)21-41-31-11-5-9-28-27(31)19-29(36-28)34(39)35-25-13-17-37(18-14-25)20-23-7-6-16-38-15-3-2-10-30(23)38/h4-5,8-9,11-12,19,22-23,25,27,30-31,34-36,39H,2-3,6-7,10,13-18,20-21H2,1H3. The topological polar surface area (TPSA) is 82.4 Å². The lowest BCUT2D eigenvalue weighted by Crippen LogP contribution is -2.53. The van der Waals surface area contributed by atoms with Crippen LogP contribution in [-0.4, -0.2) is 79.2 Å². The summed E-state index contributed by atoms with van der Waals surface area (Å²) in [6.45, 7) is 6.53. The van der Waals surface area contributed by atoms with Crippen molar-refractivity contribution in [1.82, 2.24) is 20.4 Å². The number of hydrogen-bond acceptors (Lipinski definition) is 8. The molecule has 5 atom stereocenters. The molecule has 0 saturated carbocycles. The maximum atomic E-state index is 11.2. The molecule has 2 aromatic rings. The maximum Gasteiger partial charge on any atom is 0.176 e. The Morgan fingerprint density at radius 3 is 2.86 bits per heavy atom. The molecule has 42 heavy (non-hydrogen) atoms. The molecule has 226 valence electrons. The fourth-order valence-corrected chi connectivity index (χ4v) is 7.97. The third-order valence-electron chi connectivity index (χ3n) is 10.2. The van der Waals surface area contributed by atoms with Crippen LogP contribution >= 0.6 is 0 Å². The monoisotopic (exact) mass is 574 g/mol. The Kier molecular flexibility index (Phi) is 8.41. The van der Waals surface area contributed by atoms with Crippen molar-refractivity contribution in [3.05, 3.63) is 65.7 Å². The van der Waals surface area contributed by atoms with E-state index in [-0.39, 0.29) is 12.0 Å². The van der Waals surface area contributed by atoms with Gasteiger partial charge in [-0.3, -0.25) is 5.32 Å². The van der Waals surface area contributed by atoms with Crippen LogP contribution in [0, 0.1) is 11.8 Å². The van der Waals surface area contributed by atoms with E-state index in [4.69, 9.17) is 13.9 Å². The second kappa shape index (κ2) is 12.5. The van der Waals surface area contributed by atoms with Crippen LogP contribution in [0.25, 0.3) is 11.0 Å². The Hall–Kier alpha value is -2.62. The number of ether oxygens (including phenoxy) is 2. The molecule has 0 amide bonds. The van der Waals surface area contributed by atoms with Gasteiger partial charge in [0.25, 0.3) is 0 Å². The minimum Gasteiger partial charge on any atom is -0.493 e. The number of rotatable bonds is 9. The molecule has 0 spiro atoms. The van der Waals surface area contributed by atoms with Crippen LogP contribution in [0.5, 0.6) is 5.75 Å². The number of furan rings is 1. The van der Waals surface area contributed by atoms with E-state index >= 15 is 0 Å². The smallest absolute Gasteiger partial charge is 0.176 e. The lowest BCUT2D eigenvalue weighted by Gasteiger charge is -2.46. The summed E-state index contributed by atoms with van der Waals surface area (Å²) < 4.78 is 17.6. The van der Waals surface area contributed by atoms with E-state index in [1.807, 2.05) is 24.3 Å². The van der Waals surface area contributed by atoms with Gasteiger partial charge < -0.3 is 34.1 Å².